The highest BCUT2D eigenvalue weighted by Crippen LogP contribution is 1.93. The average molecular weight is 214 g/mol. The summed E-state index contributed by atoms with van der Waals surface area (Å²) >= 11 is 0. The molecule has 0 radical (unpaired) electrons. The van der Waals surface area contributed by atoms with Crippen LogP contribution >= 0.6 is 0 Å². The highest BCUT2D eigenvalue weighted by Gasteiger charge is 2.14. The van der Waals surface area contributed by atoms with E-state index in [2.05, 4.69) is 11.9 Å². The van der Waals surface area contributed by atoms with Gasteiger partial charge in [0.25, 0.3) is 0 Å². The number of nitrogens with one attached hydrogen (secondary N) is 1. The van der Waals surface area contributed by atoms with Gasteiger partial charge in [0.2, 0.25) is 0 Å². The van der Waals surface area contributed by atoms with Crippen molar-refractivity contribution in [3.8, 4) is 0 Å². The van der Waals surface area contributed by atoms with Crippen molar-refractivity contribution in [3.05, 3.63) is 12.7 Å². The predicted octanol–water partition coefficient (Wildman–Crippen LogP) is 1.07. The van der Waals surface area contributed by atoms with Gasteiger partial charge in [0.1, 0.15) is 6.54 Å². The molecule has 0 unspecified atom stereocenters. The van der Waals surface area contributed by atoms with E-state index in [9.17, 15) is 9.59 Å². The summed E-state index contributed by atoms with van der Waals surface area (Å²) < 4.78 is 0. The molecule has 0 aliphatic carbocycles. The second-order valence-electron chi connectivity index (χ2n) is 3.12. The maximum Gasteiger partial charge on any atom is 0.323 e. The molecule has 0 aliphatic heterocycles. The van der Waals surface area contributed by atoms with E-state index in [1.165, 1.54) is 4.90 Å². The van der Waals surface area contributed by atoms with Gasteiger partial charge in [-0.3, -0.25) is 4.79 Å². The minimum Gasteiger partial charge on any atom is -0.480 e. The SMILES string of the molecule is C=CCCNC(=O)N(CCC)CC(=O)O. The number of aliphatic carboxylic acids is 1. The maximum absolute atomic E-state index is 11.5. The molecule has 0 aromatic heterocycles. The minimum atomic E-state index is -0.998. The molecule has 86 valence electrons. The molecule has 0 spiro atoms. The number of carbonyl (C=O) groups excluding carboxylic acids is 1. The number of nitrogens with zero attached hydrogens (tertiary/aromatic N) is 1. The predicted molar refractivity (Wildman–Crippen MR) is 57.7 cm³/mol. The third kappa shape index (κ3) is 6.54. The number of amides is 2. The van der Waals surface area contributed by atoms with Crippen molar-refractivity contribution in [2.75, 3.05) is 19.6 Å². The number of hydrogen-bond donors (Lipinski definition) is 2. The standard InChI is InChI=1S/C10H18N2O3/c1-3-5-6-11-10(15)12(7-4-2)8-9(13)14/h3H,1,4-8H2,2H3,(H,11,15)(H,13,14). The number of carbonyl (C=O) groups is 2. The van der Waals surface area contributed by atoms with Crippen molar-refractivity contribution in [2.24, 2.45) is 0 Å². The van der Waals surface area contributed by atoms with Crippen LogP contribution in [0.1, 0.15) is 19.8 Å². The molecule has 0 rings (SSSR count). The first-order chi connectivity index (χ1) is 7.11. The molecule has 0 bridgehead atoms. The van der Waals surface area contributed by atoms with Crippen LogP contribution in [0.2, 0.25) is 0 Å². The van der Waals surface area contributed by atoms with Crippen molar-refractivity contribution >= 4 is 12.0 Å². The topological polar surface area (TPSA) is 69.6 Å². The molecule has 0 aliphatic rings. The summed E-state index contributed by atoms with van der Waals surface area (Å²) in [4.78, 5) is 23.2. The lowest BCUT2D eigenvalue weighted by Crippen LogP contribution is -2.43. The number of urea groups is 1. The first-order valence-electron chi connectivity index (χ1n) is 4.97. The summed E-state index contributed by atoms with van der Waals surface area (Å²) in [6.07, 6.45) is 3.11. The van der Waals surface area contributed by atoms with Gasteiger partial charge >= 0.3 is 12.0 Å². The molecule has 0 aromatic carbocycles. The van der Waals surface area contributed by atoms with E-state index in [-0.39, 0.29) is 12.6 Å². The van der Waals surface area contributed by atoms with Crippen molar-refractivity contribution in [2.45, 2.75) is 19.8 Å². The number of carboxylic acids is 1. The van der Waals surface area contributed by atoms with Gasteiger partial charge in [0, 0.05) is 13.1 Å². The number of carboxylic acid groups (broad SMARTS) is 1. The highest BCUT2D eigenvalue weighted by molar-refractivity contribution is 5.80. The van der Waals surface area contributed by atoms with E-state index in [4.69, 9.17) is 5.11 Å². The second-order valence-corrected chi connectivity index (χ2v) is 3.12. The van der Waals surface area contributed by atoms with Crippen LogP contribution < -0.4 is 5.32 Å². The first kappa shape index (κ1) is 13.5. The van der Waals surface area contributed by atoms with Gasteiger partial charge in [-0.05, 0) is 12.8 Å². The van der Waals surface area contributed by atoms with Crippen LogP contribution in [0.15, 0.2) is 12.7 Å². The molecule has 5 nitrogen and oxygen atoms in total. The second kappa shape index (κ2) is 7.84. The summed E-state index contributed by atoms with van der Waals surface area (Å²) in [5.41, 5.74) is 0. The van der Waals surface area contributed by atoms with Crippen LogP contribution in [0, 0.1) is 0 Å². The Labute approximate surface area is 89.8 Å². The fourth-order valence-corrected chi connectivity index (χ4v) is 1.08. The van der Waals surface area contributed by atoms with Crippen LogP contribution in [0.5, 0.6) is 0 Å². The quantitative estimate of drug-likeness (QED) is 0.492. The molecule has 2 N–H and O–H groups in total. The molecule has 0 aromatic rings. The van der Waals surface area contributed by atoms with Crippen LogP contribution in [0.4, 0.5) is 4.79 Å². The highest BCUT2D eigenvalue weighted by atomic mass is 16.4. The summed E-state index contributed by atoms with van der Waals surface area (Å²) in [6.45, 7) is 6.11. The molecule has 0 heterocycles. The van der Waals surface area contributed by atoms with Gasteiger partial charge in [-0.15, -0.1) is 6.58 Å². The minimum absolute atomic E-state index is 0.256. The smallest absolute Gasteiger partial charge is 0.323 e. The summed E-state index contributed by atoms with van der Waals surface area (Å²) in [5, 5.41) is 11.2. The fraction of sp³-hybridized carbons (Fsp3) is 0.600. The van der Waals surface area contributed by atoms with Gasteiger partial charge in [0.15, 0.2) is 0 Å². The zero-order valence-electron chi connectivity index (χ0n) is 9.03. The van der Waals surface area contributed by atoms with Gasteiger partial charge in [-0.25, -0.2) is 4.79 Å². The lowest BCUT2D eigenvalue weighted by molar-refractivity contribution is -0.137. The average Bonchev–Trinajstić information content (AvgIpc) is 2.17. The van der Waals surface area contributed by atoms with E-state index in [1.807, 2.05) is 6.92 Å². The normalized spacial score (nSPS) is 9.40. The van der Waals surface area contributed by atoms with Gasteiger partial charge in [-0.1, -0.05) is 13.0 Å². The molecule has 5 heteroatoms. The largest absolute Gasteiger partial charge is 0.480 e. The lowest BCUT2D eigenvalue weighted by atomic mass is 10.4. The van der Waals surface area contributed by atoms with Crippen molar-refractivity contribution in [1.29, 1.82) is 0 Å². The summed E-state index contributed by atoms with van der Waals surface area (Å²) in [6, 6.07) is -0.332. The molecule has 0 saturated carbocycles. The molecular formula is C10H18N2O3. The molecule has 2 amide bonds. The molecule has 0 fully saturated rings. The fourth-order valence-electron chi connectivity index (χ4n) is 1.08. The summed E-state index contributed by atoms with van der Waals surface area (Å²) in [7, 11) is 0. The lowest BCUT2D eigenvalue weighted by Gasteiger charge is -2.20. The molecule has 0 atom stereocenters. The Hall–Kier alpha value is -1.52. The van der Waals surface area contributed by atoms with Crippen molar-refractivity contribution in [3.63, 3.8) is 0 Å². The molecule has 15 heavy (non-hydrogen) atoms. The van der Waals surface area contributed by atoms with E-state index >= 15 is 0 Å². The van der Waals surface area contributed by atoms with Crippen LogP contribution in [0.25, 0.3) is 0 Å². The van der Waals surface area contributed by atoms with Crippen LogP contribution in [0.3, 0.4) is 0 Å². The zero-order chi connectivity index (χ0) is 11.7. The van der Waals surface area contributed by atoms with E-state index in [0.717, 1.165) is 6.42 Å². The Kier molecular flexibility index (Phi) is 7.05. The van der Waals surface area contributed by atoms with Crippen molar-refractivity contribution < 1.29 is 14.7 Å². The third-order valence-corrected chi connectivity index (χ3v) is 1.73. The number of rotatable bonds is 7. The van der Waals surface area contributed by atoms with Gasteiger partial charge in [-0.2, -0.15) is 0 Å². The van der Waals surface area contributed by atoms with E-state index in [1.54, 1.807) is 6.08 Å². The number of hydrogen-bond acceptors (Lipinski definition) is 2. The van der Waals surface area contributed by atoms with Crippen LogP contribution in [-0.4, -0.2) is 41.6 Å². The van der Waals surface area contributed by atoms with Crippen molar-refractivity contribution in [1.82, 2.24) is 10.2 Å². The Bertz CT molecular complexity index is 229. The third-order valence-electron chi connectivity index (χ3n) is 1.73. The first-order valence-corrected chi connectivity index (χ1v) is 4.97. The Balaban J connectivity index is 4.03. The molecule has 0 saturated heterocycles. The zero-order valence-corrected chi connectivity index (χ0v) is 9.03. The Morgan fingerprint density at radius 3 is 2.67 bits per heavy atom. The van der Waals surface area contributed by atoms with E-state index in [0.29, 0.717) is 19.5 Å². The van der Waals surface area contributed by atoms with Gasteiger partial charge < -0.3 is 15.3 Å². The van der Waals surface area contributed by atoms with Crippen LogP contribution in [-0.2, 0) is 4.79 Å². The Morgan fingerprint density at radius 2 is 2.20 bits per heavy atom. The molecular weight excluding hydrogens is 196 g/mol. The monoisotopic (exact) mass is 214 g/mol. The summed E-state index contributed by atoms with van der Waals surface area (Å²) in [5.74, 6) is -0.998. The maximum atomic E-state index is 11.5. The van der Waals surface area contributed by atoms with E-state index < -0.39 is 5.97 Å². The van der Waals surface area contributed by atoms with Gasteiger partial charge in [0.05, 0.1) is 0 Å². The Morgan fingerprint density at radius 1 is 1.53 bits per heavy atom.